The van der Waals surface area contributed by atoms with Gasteiger partial charge in [-0.25, -0.2) is 0 Å². The average Bonchev–Trinajstić information content (AvgIpc) is 3.24. The van der Waals surface area contributed by atoms with E-state index in [2.05, 4.69) is 4.98 Å². The summed E-state index contributed by atoms with van der Waals surface area (Å²) in [5.41, 5.74) is 0.966. The third kappa shape index (κ3) is 3.49. The zero-order valence-electron chi connectivity index (χ0n) is 12.6. The van der Waals surface area contributed by atoms with Gasteiger partial charge in [-0.2, -0.15) is 5.26 Å². The van der Waals surface area contributed by atoms with Crippen LogP contribution in [0.1, 0.15) is 41.7 Å². The lowest BCUT2D eigenvalue weighted by atomic mass is 10.1. The molecule has 0 radical (unpaired) electrons. The zero-order valence-corrected chi connectivity index (χ0v) is 12.6. The fourth-order valence-corrected chi connectivity index (χ4v) is 3.00. The molecule has 0 aliphatic carbocycles. The van der Waals surface area contributed by atoms with Crippen LogP contribution in [-0.4, -0.2) is 54.3 Å². The molecule has 1 N–H and O–H groups in total. The summed E-state index contributed by atoms with van der Waals surface area (Å²) in [6.07, 6.45) is 5.95. The number of piperidine rings is 1. The number of nitriles is 1. The quantitative estimate of drug-likeness (QED) is 0.918. The van der Waals surface area contributed by atoms with E-state index in [0.717, 1.165) is 32.3 Å². The maximum absolute atomic E-state index is 12.3. The van der Waals surface area contributed by atoms with Gasteiger partial charge in [0.15, 0.2) is 0 Å². The molecule has 0 unspecified atom stereocenters. The summed E-state index contributed by atoms with van der Waals surface area (Å²) in [5, 5.41) is 8.81. The van der Waals surface area contributed by atoms with Crippen molar-refractivity contribution in [1.82, 2.24) is 9.88 Å². The summed E-state index contributed by atoms with van der Waals surface area (Å²) >= 11 is 0. The van der Waals surface area contributed by atoms with E-state index < -0.39 is 0 Å². The van der Waals surface area contributed by atoms with Gasteiger partial charge < -0.3 is 19.4 Å². The number of aromatic amines is 1. The monoisotopic (exact) mass is 303 g/mol. The van der Waals surface area contributed by atoms with Gasteiger partial charge in [0.25, 0.3) is 5.91 Å². The van der Waals surface area contributed by atoms with Crippen molar-refractivity contribution in [3.05, 3.63) is 23.5 Å². The highest BCUT2D eigenvalue weighted by molar-refractivity contribution is 5.92. The molecule has 2 aliphatic heterocycles. The van der Waals surface area contributed by atoms with Crippen molar-refractivity contribution in [3.8, 4) is 6.07 Å². The first-order valence-corrected chi connectivity index (χ1v) is 7.87. The Bertz CT molecular complexity index is 549. The largest absolute Gasteiger partial charge is 0.376 e. The molecule has 6 heteroatoms. The van der Waals surface area contributed by atoms with Gasteiger partial charge in [-0.05, 0) is 31.7 Å². The second kappa shape index (κ2) is 6.95. The van der Waals surface area contributed by atoms with Crippen LogP contribution in [0.3, 0.4) is 0 Å². The third-order valence-corrected chi connectivity index (χ3v) is 4.31. The van der Waals surface area contributed by atoms with Crippen molar-refractivity contribution in [3.63, 3.8) is 0 Å². The third-order valence-electron chi connectivity index (χ3n) is 4.31. The molecule has 0 saturated carbocycles. The van der Waals surface area contributed by atoms with Gasteiger partial charge in [-0.15, -0.1) is 0 Å². The topological polar surface area (TPSA) is 78.4 Å². The van der Waals surface area contributed by atoms with Gasteiger partial charge in [0.1, 0.15) is 11.8 Å². The number of H-pyrrole nitrogens is 1. The number of nitrogens with one attached hydrogen (secondary N) is 1. The first-order chi connectivity index (χ1) is 10.8. The Labute approximate surface area is 130 Å². The average molecular weight is 303 g/mol. The van der Waals surface area contributed by atoms with Gasteiger partial charge in [0, 0.05) is 25.9 Å². The summed E-state index contributed by atoms with van der Waals surface area (Å²) < 4.78 is 11.5. The molecule has 1 aromatic heterocycles. The van der Waals surface area contributed by atoms with Gasteiger partial charge in [0.2, 0.25) is 0 Å². The molecule has 1 amide bonds. The summed E-state index contributed by atoms with van der Waals surface area (Å²) in [5.74, 6) is -0.0425. The van der Waals surface area contributed by atoms with Gasteiger partial charge in [-0.3, -0.25) is 4.79 Å². The minimum absolute atomic E-state index is 0.0425. The minimum atomic E-state index is -0.0425. The zero-order chi connectivity index (χ0) is 15.4. The highest BCUT2D eigenvalue weighted by Gasteiger charge is 2.26. The Morgan fingerprint density at radius 3 is 2.91 bits per heavy atom. The first-order valence-electron chi connectivity index (χ1n) is 7.87. The van der Waals surface area contributed by atoms with Crippen molar-refractivity contribution in [2.45, 2.75) is 37.9 Å². The summed E-state index contributed by atoms with van der Waals surface area (Å²) in [6.45, 7) is 2.90. The number of nitrogens with zero attached hydrogens (tertiary/aromatic N) is 2. The molecule has 0 spiro atoms. The van der Waals surface area contributed by atoms with Crippen LogP contribution in [0.15, 0.2) is 12.3 Å². The molecule has 0 aromatic carbocycles. The lowest BCUT2D eigenvalue weighted by molar-refractivity contribution is -0.0395. The van der Waals surface area contributed by atoms with Crippen LogP contribution < -0.4 is 0 Å². The van der Waals surface area contributed by atoms with E-state index in [1.807, 2.05) is 11.0 Å². The Morgan fingerprint density at radius 2 is 2.27 bits per heavy atom. The van der Waals surface area contributed by atoms with Crippen molar-refractivity contribution in [2.24, 2.45) is 0 Å². The maximum Gasteiger partial charge on any atom is 0.270 e. The number of aromatic nitrogens is 1. The van der Waals surface area contributed by atoms with E-state index in [0.29, 0.717) is 31.0 Å². The van der Waals surface area contributed by atoms with E-state index in [1.54, 1.807) is 12.3 Å². The van der Waals surface area contributed by atoms with E-state index in [4.69, 9.17) is 14.7 Å². The van der Waals surface area contributed by atoms with Crippen LogP contribution >= 0.6 is 0 Å². The number of carbonyl (C=O) groups is 1. The Morgan fingerprint density at radius 1 is 1.45 bits per heavy atom. The van der Waals surface area contributed by atoms with Gasteiger partial charge in [-0.1, -0.05) is 0 Å². The van der Waals surface area contributed by atoms with Crippen molar-refractivity contribution < 1.29 is 14.3 Å². The second-order valence-electron chi connectivity index (χ2n) is 5.87. The van der Waals surface area contributed by atoms with Crippen LogP contribution in [0.25, 0.3) is 0 Å². The smallest absolute Gasteiger partial charge is 0.270 e. The second-order valence-corrected chi connectivity index (χ2v) is 5.87. The van der Waals surface area contributed by atoms with Crippen LogP contribution in [0.5, 0.6) is 0 Å². The number of hydrogen-bond donors (Lipinski definition) is 1. The SMILES string of the molecule is N#Cc1c[nH]c(C(=O)N2CCC(OC[C@@H]3CCCO3)CC2)c1. The van der Waals surface area contributed by atoms with E-state index in [-0.39, 0.29) is 18.1 Å². The van der Waals surface area contributed by atoms with E-state index >= 15 is 0 Å². The van der Waals surface area contributed by atoms with Crippen molar-refractivity contribution in [1.29, 1.82) is 5.26 Å². The van der Waals surface area contributed by atoms with Crippen molar-refractivity contribution >= 4 is 5.91 Å². The molecule has 6 nitrogen and oxygen atoms in total. The summed E-state index contributed by atoms with van der Waals surface area (Å²) in [7, 11) is 0. The Balaban J connectivity index is 1.44. The van der Waals surface area contributed by atoms with Crippen molar-refractivity contribution in [2.75, 3.05) is 26.3 Å². The minimum Gasteiger partial charge on any atom is -0.376 e. The molecule has 1 aromatic rings. The molecule has 3 rings (SSSR count). The molecule has 2 aliphatic rings. The predicted molar refractivity (Wildman–Crippen MR) is 79.4 cm³/mol. The number of ether oxygens (including phenoxy) is 2. The molecule has 118 valence electrons. The molecular weight excluding hydrogens is 282 g/mol. The lowest BCUT2D eigenvalue weighted by Crippen LogP contribution is -2.41. The number of likely N-dealkylation sites (tertiary alicyclic amines) is 1. The fraction of sp³-hybridized carbons (Fsp3) is 0.625. The van der Waals surface area contributed by atoms with Gasteiger partial charge >= 0.3 is 0 Å². The molecule has 1 atom stereocenters. The molecular formula is C16H21N3O3. The predicted octanol–water partition coefficient (Wildman–Crippen LogP) is 1.69. The Hall–Kier alpha value is -1.84. The van der Waals surface area contributed by atoms with Crippen LogP contribution in [0.4, 0.5) is 0 Å². The number of rotatable bonds is 4. The first kappa shape index (κ1) is 15.1. The fourth-order valence-electron chi connectivity index (χ4n) is 3.00. The van der Waals surface area contributed by atoms with Crippen LogP contribution in [0.2, 0.25) is 0 Å². The summed E-state index contributed by atoms with van der Waals surface area (Å²) in [4.78, 5) is 17.0. The maximum atomic E-state index is 12.3. The molecule has 22 heavy (non-hydrogen) atoms. The Kier molecular flexibility index (Phi) is 4.76. The van der Waals surface area contributed by atoms with E-state index in [9.17, 15) is 4.79 Å². The van der Waals surface area contributed by atoms with Gasteiger partial charge in [0.05, 0.1) is 24.4 Å². The molecule has 2 saturated heterocycles. The van der Waals surface area contributed by atoms with Crippen LogP contribution in [0, 0.1) is 11.3 Å². The number of amides is 1. The molecule has 0 bridgehead atoms. The number of carbonyl (C=O) groups excluding carboxylic acids is 1. The molecule has 3 heterocycles. The van der Waals surface area contributed by atoms with E-state index in [1.165, 1.54) is 0 Å². The lowest BCUT2D eigenvalue weighted by Gasteiger charge is -2.32. The highest BCUT2D eigenvalue weighted by Crippen LogP contribution is 2.19. The number of hydrogen-bond acceptors (Lipinski definition) is 4. The highest BCUT2D eigenvalue weighted by atomic mass is 16.5. The normalized spacial score (nSPS) is 22.7. The summed E-state index contributed by atoms with van der Waals surface area (Å²) in [6, 6.07) is 3.62. The van der Waals surface area contributed by atoms with Crippen LogP contribution in [-0.2, 0) is 9.47 Å². The standard InChI is InChI=1S/C16H21N3O3/c17-9-12-8-15(18-10-12)16(20)19-5-3-13(4-6-19)22-11-14-2-1-7-21-14/h8,10,13-14,18H,1-7,11H2/t14-/m0/s1. The molecule has 2 fully saturated rings.